The smallest absolute Gasteiger partial charge is 0.294 e. The molecule has 4 nitrogen and oxygen atoms in total. The van der Waals surface area contributed by atoms with Gasteiger partial charge in [0.1, 0.15) is 0 Å². The summed E-state index contributed by atoms with van der Waals surface area (Å²) in [5.74, 6) is 0.723. The molecule has 0 saturated heterocycles. The molecule has 0 rings (SSSR count). The molecule has 0 amide bonds. The van der Waals surface area contributed by atoms with Gasteiger partial charge in [0.15, 0.2) is 0 Å². The first-order valence-corrected chi connectivity index (χ1v) is 5.48. The Hall–Kier alpha value is -0.800. The summed E-state index contributed by atoms with van der Waals surface area (Å²) in [4.78, 5) is 14.1. The Bertz CT molecular complexity index is 144. The Morgan fingerprint density at radius 2 is 1.79 bits per heavy atom. The lowest BCUT2D eigenvalue weighted by molar-refractivity contribution is -0.757. The van der Waals surface area contributed by atoms with Gasteiger partial charge < -0.3 is 4.84 Å². The van der Waals surface area contributed by atoms with Crippen molar-refractivity contribution in [1.82, 2.24) is 0 Å². The predicted molar refractivity (Wildman–Crippen MR) is 55.5 cm³/mol. The van der Waals surface area contributed by atoms with Crippen molar-refractivity contribution < 1.29 is 9.92 Å². The average molecular weight is 203 g/mol. The van der Waals surface area contributed by atoms with Gasteiger partial charge in [-0.2, -0.15) is 0 Å². The maximum atomic E-state index is 9.88. The lowest BCUT2D eigenvalue weighted by atomic mass is 9.94. The highest BCUT2D eigenvalue weighted by Gasteiger charge is 2.06. The minimum absolute atomic E-state index is 0.247. The first kappa shape index (κ1) is 13.2. The Labute approximate surface area is 85.7 Å². The fraction of sp³-hybridized carbons (Fsp3) is 1.00. The summed E-state index contributed by atoms with van der Waals surface area (Å²) in [5.41, 5.74) is 0. The normalized spacial score (nSPS) is 10.5. The quantitative estimate of drug-likeness (QED) is 0.328. The van der Waals surface area contributed by atoms with Crippen molar-refractivity contribution in [3.63, 3.8) is 0 Å². The second-order valence-corrected chi connectivity index (χ2v) is 3.64. The average Bonchev–Trinajstić information content (AvgIpc) is 2.12. The molecule has 0 aromatic carbocycles. The Balaban J connectivity index is 3.44. The first-order valence-electron chi connectivity index (χ1n) is 5.48. The van der Waals surface area contributed by atoms with Crippen LogP contribution in [0.15, 0.2) is 0 Å². The summed E-state index contributed by atoms with van der Waals surface area (Å²) in [6.45, 7) is 4.60. The van der Waals surface area contributed by atoms with Gasteiger partial charge in [-0.05, 0) is 18.8 Å². The summed E-state index contributed by atoms with van der Waals surface area (Å²) in [6, 6.07) is 0. The molecule has 0 heterocycles. The minimum Gasteiger partial charge on any atom is -0.314 e. The van der Waals surface area contributed by atoms with Crippen LogP contribution in [0.4, 0.5) is 0 Å². The highest BCUT2D eigenvalue weighted by atomic mass is 16.9. The highest BCUT2D eigenvalue weighted by Crippen LogP contribution is 2.19. The van der Waals surface area contributed by atoms with Crippen LogP contribution in [-0.4, -0.2) is 11.7 Å². The SMILES string of the molecule is CCCC(CCC)CCCO[N+](=O)[O-]. The summed E-state index contributed by atoms with van der Waals surface area (Å²) >= 11 is 0. The first-order chi connectivity index (χ1) is 6.70. The fourth-order valence-corrected chi connectivity index (χ4v) is 1.76. The van der Waals surface area contributed by atoms with Crippen LogP contribution in [0.5, 0.6) is 0 Å². The summed E-state index contributed by atoms with van der Waals surface area (Å²) in [6.07, 6.45) is 6.70. The Morgan fingerprint density at radius 1 is 1.21 bits per heavy atom. The zero-order chi connectivity index (χ0) is 10.8. The van der Waals surface area contributed by atoms with E-state index in [0.29, 0.717) is 0 Å². The second kappa shape index (κ2) is 8.78. The number of hydrogen-bond donors (Lipinski definition) is 0. The molecule has 0 N–H and O–H groups in total. The predicted octanol–water partition coefficient (Wildman–Crippen LogP) is 3.19. The van der Waals surface area contributed by atoms with Gasteiger partial charge in [0.2, 0.25) is 0 Å². The third kappa shape index (κ3) is 7.83. The molecule has 0 aromatic rings. The van der Waals surface area contributed by atoms with E-state index >= 15 is 0 Å². The van der Waals surface area contributed by atoms with Gasteiger partial charge in [0.05, 0.1) is 6.61 Å². The van der Waals surface area contributed by atoms with Gasteiger partial charge in [-0.15, -0.1) is 10.1 Å². The van der Waals surface area contributed by atoms with Crippen LogP contribution in [0.2, 0.25) is 0 Å². The zero-order valence-electron chi connectivity index (χ0n) is 9.20. The van der Waals surface area contributed by atoms with Crippen molar-refractivity contribution >= 4 is 0 Å². The molecule has 14 heavy (non-hydrogen) atoms. The largest absolute Gasteiger partial charge is 0.314 e. The summed E-state index contributed by atoms with van der Waals surface area (Å²) < 4.78 is 0. The molecule has 0 spiro atoms. The van der Waals surface area contributed by atoms with Gasteiger partial charge in [-0.1, -0.05) is 39.5 Å². The van der Waals surface area contributed by atoms with Gasteiger partial charge in [0, 0.05) is 0 Å². The zero-order valence-corrected chi connectivity index (χ0v) is 9.20. The van der Waals surface area contributed by atoms with Crippen molar-refractivity contribution in [1.29, 1.82) is 0 Å². The van der Waals surface area contributed by atoms with E-state index in [9.17, 15) is 10.1 Å². The number of rotatable bonds is 9. The molecule has 0 unspecified atom stereocenters. The molecule has 0 aliphatic rings. The van der Waals surface area contributed by atoms with E-state index in [1.54, 1.807) is 0 Å². The molecule has 0 bridgehead atoms. The van der Waals surface area contributed by atoms with Crippen LogP contribution in [0.1, 0.15) is 52.4 Å². The second-order valence-electron chi connectivity index (χ2n) is 3.64. The van der Waals surface area contributed by atoms with Crippen LogP contribution in [0.3, 0.4) is 0 Å². The van der Waals surface area contributed by atoms with Crippen molar-refractivity contribution in [2.24, 2.45) is 5.92 Å². The monoisotopic (exact) mass is 203 g/mol. The van der Waals surface area contributed by atoms with E-state index in [1.165, 1.54) is 25.7 Å². The van der Waals surface area contributed by atoms with E-state index in [-0.39, 0.29) is 6.61 Å². The molecule has 0 atom stereocenters. The lowest BCUT2D eigenvalue weighted by Crippen LogP contribution is -2.06. The van der Waals surface area contributed by atoms with E-state index in [1.807, 2.05) is 0 Å². The van der Waals surface area contributed by atoms with Gasteiger partial charge in [-0.25, -0.2) is 0 Å². The van der Waals surface area contributed by atoms with Crippen molar-refractivity contribution in [3.8, 4) is 0 Å². The van der Waals surface area contributed by atoms with E-state index in [2.05, 4.69) is 18.7 Å². The highest BCUT2D eigenvalue weighted by molar-refractivity contribution is 4.57. The van der Waals surface area contributed by atoms with Crippen molar-refractivity contribution in [2.75, 3.05) is 6.61 Å². The van der Waals surface area contributed by atoms with Crippen LogP contribution < -0.4 is 0 Å². The standard InChI is InChI=1S/C10H21NO3/c1-3-6-10(7-4-2)8-5-9-14-11(12)13/h10H,3-9H2,1-2H3. The van der Waals surface area contributed by atoms with Crippen LogP contribution >= 0.6 is 0 Å². The Kier molecular flexibility index (Phi) is 8.28. The molecule has 4 heteroatoms. The number of hydrogen-bond acceptors (Lipinski definition) is 3. The molecule has 0 aromatic heterocycles. The van der Waals surface area contributed by atoms with E-state index in [4.69, 9.17) is 0 Å². The van der Waals surface area contributed by atoms with E-state index in [0.717, 1.165) is 18.8 Å². The molecule has 0 saturated carbocycles. The summed E-state index contributed by atoms with van der Waals surface area (Å²) in [5, 5.41) is 9.17. The molecule has 0 aliphatic carbocycles. The fourth-order valence-electron chi connectivity index (χ4n) is 1.76. The van der Waals surface area contributed by atoms with Gasteiger partial charge >= 0.3 is 0 Å². The van der Waals surface area contributed by atoms with Crippen molar-refractivity contribution in [3.05, 3.63) is 10.1 Å². The maximum absolute atomic E-state index is 9.88. The molecule has 0 fully saturated rings. The third-order valence-corrected chi connectivity index (χ3v) is 2.35. The maximum Gasteiger partial charge on any atom is 0.294 e. The van der Waals surface area contributed by atoms with E-state index < -0.39 is 5.09 Å². The van der Waals surface area contributed by atoms with Crippen LogP contribution in [0, 0.1) is 16.0 Å². The lowest BCUT2D eigenvalue weighted by Gasteiger charge is -2.14. The van der Waals surface area contributed by atoms with Crippen molar-refractivity contribution in [2.45, 2.75) is 52.4 Å². The van der Waals surface area contributed by atoms with Gasteiger partial charge in [-0.3, -0.25) is 0 Å². The number of nitrogens with zero attached hydrogens (tertiary/aromatic N) is 1. The Morgan fingerprint density at radius 3 is 2.21 bits per heavy atom. The molecular weight excluding hydrogens is 182 g/mol. The third-order valence-electron chi connectivity index (χ3n) is 2.35. The molecule has 0 aliphatic heterocycles. The van der Waals surface area contributed by atoms with Crippen LogP contribution in [0.25, 0.3) is 0 Å². The van der Waals surface area contributed by atoms with Gasteiger partial charge in [0.25, 0.3) is 5.09 Å². The molecule has 84 valence electrons. The minimum atomic E-state index is -0.714. The molecular formula is C10H21NO3. The summed E-state index contributed by atoms with van der Waals surface area (Å²) in [7, 11) is 0. The molecule has 0 radical (unpaired) electrons. The van der Waals surface area contributed by atoms with Crippen LogP contribution in [-0.2, 0) is 4.84 Å². The topological polar surface area (TPSA) is 52.4 Å².